The van der Waals surface area contributed by atoms with Crippen LogP contribution in [0.2, 0.25) is 0 Å². The van der Waals surface area contributed by atoms with Gasteiger partial charge >= 0.3 is 0 Å². The molecule has 2 fully saturated rings. The van der Waals surface area contributed by atoms with Crippen LogP contribution in [-0.4, -0.2) is 75.0 Å². The Hall–Kier alpha value is -1.64. The summed E-state index contributed by atoms with van der Waals surface area (Å²) in [7, 11) is 3.23. The van der Waals surface area contributed by atoms with E-state index in [1.165, 1.54) is 5.75 Å². The molecule has 26 heavy (non-hydrogen) atoms. The zero-order valence-electron chi connectivity index (χ0n) is 15.5. The zero-order valence-corrected chi connectivity index (χ0v) is 16.3. The van der Waals surface area contributed by atoms with Gasteiger partial charge in [-0.1, -0.05) is 0 Å². The van der Waals surface area contributed by atoms with Crippen LogP contribution in [0.15, 0.2) is 23.2 Å². The number of ether oxygens (including phenoxy) is 3. The molecule has 7 nitrogen and oxygen atoms in total. The van der Waals surface area contributed by atoms with E-state index >= 15 is 0 Å². The first-order valence-corrected chi connectivity index (χ1v) is 10.0. The van der Waals surface area contributed by atoms with Crippen molar-refractivity contribution in [2.75, 3.05) is 63.9 Å². The lowest BCUT2D eigenvalue weighted by Crippen LogP contribution is -2.56. The Morgan fingerprint density at radius 1 is 1.31 bits per heavy atom. The molecule has 0 bridgehead atoms. The summed E-state index contributed by atoms with van der Waals surface area (Å²) in [4.78, 5) is 7.19. The number of anilines is 1. The third-order valence-corrected chi connectivity index (χ3v) is 6.20. The van der Waals surface area contributed by atoms with Gasteiger partial charge in [-0.05, 0) is 24.3 Å². The highest BCUT2D eigenvalue weighted by atomic mass is 32.2. The number of rotatable bonds is 6. The van der Waals surface area contributed by atoms with Gasteiger partial charge in [-0.2, -0.15) is 11.8 Å². The normalized spacial score (nSPS) is 24.5. The van der Waals surface area contributed by atoms with Crippen LogP contribution in [0.3, 0.4) is 0 Å². The van der Waals surface area contributed by atoms with E-state index in [-0.39, 0.29) is 5.54 Å². The predicted molar refractivity (Wildman–Crippen MR) is 107 cm³/mol. The molecule has 2 saturated heterocycles. The van der Waals surface area contributed by atoms with Gasteiger partial charge in [-0.15, -0.1) is 0 Å². The molecule has 0 spiro atoms. The summed E-state index contributed by atoms with van der Waals surface area (Å²) in [5.41, 5.74) is 7.07. The number of benzene rings is 1. The fraction of sp³-hybridized carbons (Fsp3) is 0.611. The molecular formula is C18H28N4O3S. The van der Waals surface area contributed by atoms with Gasteiger partial charge in [-0.25, -0.2) is 0 Å². The third kappa shape index (κ3) is 4.36. The van der Waals surface area contributed by atoms with E-state index in [0.29, 0.717) is 24.0 Å². The Morgan fingerprint density at radius 3 is 2.73 bits per heavy atom. The molecule has 8 heteroatoms. The van der Waals surface area contributed by atoms with E-state index in [0.717, 1.165) is 44.2 Å². The average Bonchev–Trinajstić information content (AvgIpc) is 3.17. The Labute approximate surface area is 159 Å². The third-order valence-electron chi connectivity index (χ3n) is 4.96. The molecule has 1 unspecified atom stereocenters. The minimum absolute atomic E-state index is 0.0956. The van der Waals surface area contributed by atoms with Gasteiger partial charge in [0.1, 0.15) is 0 Å². The number of morpholine rings is 1. The quantitative estimate of drug-likeness (QED) is 0.573. The first kappa shape index (κ1) is 19.1. The minimum Gasteiger partial charge on any atom is -0.493 e. The van der Waals surface area contributed by atoms with Crippen LogP contribution in [0.5, 0.6) is 11.5 Å². The molecule has 1 aromatic carbocycles. The molecule has 0 aliphatic carbocycles. The number of nitrogens with one attached hydrogen (secondary N) is 1. The van der Waals surface area contributed by atoms with Crippen molar-refractivity contribution in [3.05, 3.63) is 18.2 Å². The van der Waals surface area contributed by atoms with E-state index < -0.39 is 0 Å². The smallest absolute Gasteiger partial charge is 0.193 e. The van der Waals surface area contributed by atoms with Crippen molar-refractivity contribution >= 4 is 23.4 Å². The van der Waals surface area contributed by atoms with Crippen molar-refractivity contribution in [3.63, 3.8) is 0 Å². The monoisotopic (exact) mass is 380 g/mol. The van der Waals surface area contributed by atoms with Gasteiger partial charge in [0.15, 0.2) is 17.5 Å². The van der Waals surface area contributed by atoms with Crippen molar-refractivity contribution < 1.29 is 14.2 Å². The number of thioether (sulfide) groups is 1. The predicted octanol–water partition coefficient (Wildman–Crippen LogP) is 1.64. The molecular weight excluding hydrogens is 352 g/mol. The molecule has 1 aromatic rings. The summed E-state index contributed by atoms with van der Waals surface area (Å²) in [6.07, 6.45) is 1.14. The van der Waals surface area contributed by atoms with Crippen molar-refractivity contribution in [1.29, 1.82) is 0 Å². The van der Waals surface area contributed by atoms with E-state index in [9.17, 15) is 0 Å². The maximum atomic E-state index is 6.15. The molecule has 2 aliphatic rings. The molecule has 2 aliphatic heterocycles. The van der Waals surface area contributed by atoms with Gasteiger partial charge in [-0.3, -0.25) is 9.89 Å². The molecule has 0 saturated carbocycles. The molecule has 0 aromatic heterocycles. The van der Waals surface area contributed by atoms with Gasteiger partial charge in [0.25, 0.3) is 0 Å². The van der Waals surface area contributed by atoms with E-state index in [2.05, 4.69) is 15.2 Å². The maximum absolute atomic E-state index is 6.15. The van der Waals surface area contributed by atoms with Gasteiger partial charge in [0, 0.05) is 30.6 Å². The summed E-state index contributed by atoms with van der Waals surface area (Å²) in [5, 5.41) is 3.15. The zero-order chi connectivity index (χ0) is 18.4. The second kappa shape index (κ2) is 8.83. The van der Waals surface area contributed by atoms with E-state index in [1.807, 2.05) is 30.0 Å². The summed E-state index contributed by atoms with van der Waals surface area (Å²) in [5.74, 6) is 4.03. The molecule has 3 N–H and O–H groups in total. The second-order valence-electron chi connectivity index (χ2n) is 6.52. The lowest BCUT2D eigenvalue weighted by atomic mass is 9.96. The van der Waals surface area contributed by atoms with Crippen LogP contribution in [0, 0.1) is 0 Å². The van der Waals surface area contributed by atoms with Crippen LogP contribution in [0.4, 0.5) is 5.69 Å². The van der Waals surface area contributed by atoms with Crippen molar-refractivity contribution in [3.8, 4) is 11.5 Å². The molecule has 0 radical (unpaired) electrons. The number of guanidine groups is 1. The fourth-order valence-corrected chi connectivity index (χ4v) is 4.91. The lowest BCUT2D eigenvalue weighted by Gasteiger charge is -2.42. The Balaban J connectivity index is 1.66. The number of aliphatic imine (C=N–C) groups is 1. The van der Waals surface area contributed by atoms with Crippen molar-refractivity contribution in [1.82, 2.24) is 4.90 Å². The molecule has 144 valence electrons. The molecule has 0 amide bonds. The van der Waals surface area contributed by atoms with Crippen LogP contribution in [0.1, 0.15) is 6.42 Å². The number of nitrogens with two attached hydrogens (primary N) is 1. The minimum atomic E-state index is 0.0956. The van der Waals surface area contributed by atoms with Gasteiger partial charge in [0.05, 0.1) is 39.5 Å². The Bertz CT molecular complexity index is 629. The Kier molecular flexibility index (Phi) is 6.50. The topological polar surface area (TPSA) is 81.3 Å². The van der Waals surface area contributed by atoms with Gasteiger partial charge in [0.2, 0.25) is 0 Å². The largest absolute Gasteiger partial charge is 0.493 e. The van der Waals surface area contributed by atoms with Crippen LogP contribution >= 0.6 is 11.8 Å². The van der Waals surface area contributed by atoms with Crippen LogP contribution in [0.25, 0.3) is 0 Å². The maximum Gasteiger partial charge on any atom is 0.193 e. The number of hydrogen-bond acceptors (Lipinski definition) is 6. The summed E-state index contributed by atoms with van der Waals surface area (Å²) < 4.78 is 16.1. The van der Waals surface area contributed by atoms with Crippen LogP contribution < -0.4 is 20.5 Å². The highest BCUT2D eigenvalue weighted by Gasteiger charge is 2.40. The standard InChI is InChI=1S/C18H28N4O3S/c1-23-15-4-3-14(11-16(15)24-2)21-17(19)20-12-18(5-10-26-13-18)22-6-8-25-9-7-22/h3-4,11H,5-10,12-13H2,1-2H3,(H3,19,20,21). The fourth-order valence-electron chi connectivity index (χ4n) is 3.44. The highest BCUT2D eigenvalue weighted by molar-refractivity contribution is 7.99. The molecule has 2 heterocycles. The summed E-state index contributed by atoms with van der Waals surface area (Å²) in [6.45, 7) is 4.25. The summed E-state index contributed by atoms with van der Waals surface area (Å²) in [6, 6.07) is 5.59. The van der Waals surface area contributed by atoms with Crippen molar-refractivity contribution in [2.24, 2.45) is 10.7 Å². The van der Waals surface area contributed by atoms with Crippen LogP contribution in [-0.2, 0) is 4.74 Å². The number of methoxy groups -OCH3 is 2. The van der Waals surface area contributed by atoms with E-state index in [1.54, 1.807) is 14.2 Å². The molecule has 3 rings (SSSR count). The van der Waals surface area contributed by atoms with Crippen molar-refractivity contribution in [2.45, 2.75) is 12.0 Å². The SMILES string of the molecule is COc1ccc(NC(N)=NCC2(N3CCOCC3)CCSC2)cc1OC. The van der Waals surface area contributed by atoms with E-state index in [4.69, 9.17) is 19.9 Å². The molecule has 1 atom stereocenters. The number of nitrogens with zero attached hydrogens (tertiary/aromatic N) is 2. The first-order chi connectivity index (χ1) is 12.7. The number of hydrogen-bond donors (Lipinski definition) is 2. The lowest BCUT2D eigenvalue weighted by molar-refractivity contribution is -0.0104. The second-order valence-corrected chi connectivity index (χ2v) is 7.63. The summed E-state index contributed by atoms with van der Waals surface area (Å²) >= 11 is 2.00. The average molecular weight is 381 g/mol. The first-order valence-electron chi connectivity index (χ1n) is 8.86. The van der Waals surface area contributed by atoms with Gasteiger partial charge < -0.3 is 25.3 Å². The Morgan fingerprint density at radius 2 is 2.08 bits per heavy atom. The highest BCUT2D eigenvalue weighted by Crippen LogP contribution is 2.34.